The highest BCUT2D eigenvalue weighted by Gasteiger charge is 2.24. The molecule has 126 valence electrons. The third-order valence-electron chi connectivity index (χ3n) is 3.47. The van der Waals surface area contributed by atoms with E-state index in [1.165, 1.54) is 30.0 Å². The molecule has 7 heteroatoms. The lowest BCUT2D eigenvalue weighted by Gasteiger charge is -2.01. The first-order chi connectivity index (χ1) is 11.9. The maximum Gasteiger partial charge on any atom is 0.339 e. The number of carbonyl (C=O) groups is 2. The Morgan fingerprint density at radius 3 is 2.56 bits per heavy atom. The van der Waals surface area contributed by atoms with Crippen molar-refractivity contribution >= 4 is 40.6 Å². The zero-order valence-corrected chi connectivity index (χ0v) is 14.0. The Kier molecular flexibility index (Phi) is 4.58. The fourth-order valence-corrected chi connectivity index (χ4v) is 3.02. The first kappa shape index (κ1) is 16.8. The minimum absolute atomic E-state index is 0.202. The van der Waals surface area contributed by atoms with Crippen molar-refractivity contribution < 1.29 is 19.8 Å². The number of carbonyl (C=O) groups excluding carboxylic acids is 1. The number of hydrogen-bond acceptors (Lipinski definition) is 5. The second-order valence-electron chi connectivity index (χ2n) is 5.40. The van der Waals surface area contributed by atoms with Crippen LogP contribution in [0.5, 0.6) is 5.75 Å². The number of aliphatic imine (C=N–C) groups is 1. The van der Waals surface area contributed by atoms with Gasteiger partial charge in [-0.05, 0) is 42.5 Å². The first-order valence-electron chi connectivity index (χ1n) is 7.35. The van der Waals surface area contributed by atoms with E-state index in [4.69, 9.17) is 5.11 Å². The number of aryl methyl sites for hydroxylation is 1. The number of thioether (sulfide) groups is 1. The molecule has 0 atom stereocenters. The lowest BCUT2D eigenvalue weighted by Crippen LogP contribution is -2.19. The molecule has 1 heterocycles. The topological polar surface area (TPSA) is 99.0 Å². The van der Waals surface area contributed by atoms with Crippen LogP contribution >= 0.6 is 11.8 Å². The predicted molar refractivity (Wildman–Crippen MR) is 97.1 cm³/mol. The number of rotatable bonds is 3. The smallest absolute Gasteiger partial charge is 0.339 e. The summed E-state index contributed by atoms with van der Waals surface area (Å²) in [5.74, 6) is -1.85. The van der Waals surface area contributed by atoms with Gasteiger partial charge < -0.3 is 15.5 Å². The van der Waals surface area contributed by atoms with Crippen LogP contribution in [-0.2, 0) is 4.79 Å². The van der Waals surface area contributed by atoms with Crippen molar-refractivity contribution in [2.24, 2.45) is 4.99 Å². The highest BCUT2D eigenvalue weighted by molar-refractivity contribution is 8.18. The van der Waals surface area contributed by atoms with Crippen LogP contribution in [0, 0.1) is 6.92 Å². The Bertz CT molecular complexity index is 917. The quantitative estimate of drug-likeness (QED) is 0.735. The van der Waals surface area contributed by atoms with Crippen LogP contribution in [0.15, 0.2) is 52.4 Å². The van der Waals surface area contributed by atoms with Gasteiger partial charge in [0.2, 0.25) is 0 Å². The summed E-state index contributed by atoms with van der Waals surface area (Å²) in [4.78, 5) is 27.7. The summed E-state index contributed by atoms with van der Waals surface area (Å²) in [6, 6.07) is 11.7. The second kappa shape index (κ2) is 6.82. The van der Waals surface area contributed by atoms with E-state index in [-0.39, 0.29) is 17.2 Å². The van der Waals surface area contributed by atoms with E-state index >= 15 is 0 Å². The molecule has 1 amide bonds. The summed E-state index contributed by atoms with van der Waals surface area (Å²) in [7, 11) is 0. The lowest BCUT2D eigenvalue weighted by atomic mass is 10.1. The number of amides is 1. The Balaban J connectivity index is 1.82. The number of aromatic hydroxyl groups is 1. The molecule has 2 aromatic rings. The fraction of sp³-hybridized carbons (Fsp3) is 0.0556. The van der Waals surface area contributed by atoms with Crippen molar-refractivity contribution in [3.8, 4) is 5.75 Å². The molecule has 0 radical (unpaired) electrons. The minimum Gasteiger partial charge on any atom is -0.507 e. The van der Waals surface area contributed by atoms with Crippen molar-refractivity contribution in [3.05, 3.63) is 64.1 Å². The molecule has 0 unspecified atom stereocenters. The summed E-state index contributed by atoms with van der Waals surface area (Å²) >= 11 is 1.18. The van der Waals surface area contributed by atoms with Gasteiger partial charge in [-0.2, -0.15) is 0 Å². The number of hydrogen-bond donors (Lipinski definition) is 3. The number of amidine groups is 1. The molecule has 0 saturated carbocycles. The van der Waals surface area contributed by atoms with Gasteiger partial charge in [-0.3, -0.25) is 4.79 Å². The summed E-state index contributed by atoms with van der Waals surface area (Å²) < 4.78 is 0. The second-order valence-corrected chi connectivity index (χ2v) is 6.43. The van der Waals surface area contributed by atoms with E-state index in [9.17, 15) is 14.7 Å². The Morgan fingerprint density at radius 1 is 1.20 bits per heavy atom. The maximum absolute atomic E-state index is 12.0. The zero-order valence-electron chi connectivity index (χ0n) is 13.2. The number of aromatic carboxylic acids is 1. The normalized spacial score (nSPS) is 17.1. The molecule has 0 spiro atoms. The molecular weight excluding hydrogens is 340 g/mol. The number of carboxylic acid groups (broad SMARTS) is 1. The predicted octanol–water partition coefficient (Wildman–Crippen LogP) is 3.29. The van der Waals surface area contributed by atoms with Gasteiger partial charge >= 0.3 is 5.97 Å². The van der Waals surface area contributed by atoms with Crippen LogP contribution in [0.2, 0.25) is 0 Å². The Hall–Kier alpha value is -3.06. The monoisotopic (exact) mass is 354 g/mol. The zero-order chi connectivity index (χ0) is 18.0. The minimum atomic E-state index is -1.22. The van der Waals surface area contributed by atoms with Crippen LogP contribution in [-0.4, -0.2) is 27.3 Å². The van der Waals surface area contributed by atoms with Crippen LogP contribution < -0.4 is 5.32 Å². The number of carboxylic acids is 1. The van der Waals surface area contributed by atoms with E-state index in [1.807, 2.05) is 31.2 Å². The van der Waals surface area contributed by atoms with Gasteiger partial charge in [0.15, 0.2) is 5.17 Å². The molecule has 1 fully saturated rings. The molecule has 0 bridgehead atoms. The molecule has 25 heavy (non-hydrogen) atoms. The molecule has 0 aliphatic carbocycles. The van der Waals surface area contributed by atoms with Crippen LogP contribution in [0.1, 0.15) is 21.5 Å². The van der Waals surface area contributed by atoms with Crippen LogP contribution in [0.4, 0.5) is 5.69 Å². The van der Waals surface area contributed by atoms with Gasteiger partial charge in [0.1, 0.15) is 11.3 Å². The average molecular weight is 354 g/mol. The van der Waals surface area contributed by atoms with Gasteiger partial charge in [-0.15, -0.1) is 0 Å². The number of nitrogens with zero attached hydrogens (tertiary/aromatic N) is 1. The van der Waals surface area contributed by atoms with Gasteiger partial charge in [0.25, 0.3) is 5.91 Å². The molecule has 0 aromatic heterocycles. The molecule has 1 aliphatic heterocycles. The molecule has 3 rings (SSSR count). The lowest BCUT2D eigenvalue weighted by molar-refractivity contribution is -0.115. The number of phenols is 1. The summed E-state index contributed by atoms with van der Waals surface area (Å²) in [5.41, 5.74) is 2.19. The van der Waals surface area contributed by atoms with E-state index in [2.05, 4.69) is 10.3 Å². The molecular formula is C18H14N2O4S. The van der Waals surface area contributed by atoms with Gasteiger partial charge in [-0.25, -0.2) is 9.79 Å². The van der Waals surface area contributed by atoms with Gasteiger partial charge in [-0.1, -0.05) is 29.8 Å². The highest BCUT2D eigenvalue weighted by atomic mass is 32.2. The van der Waals surface area contributed by atoms with Crippen molar-refractivity contribution in [1.82, 2.24) is 5.32 Å². The van der Waals surface area contributed by atoms with E-state index in [1.54, 1.807) is 6.08 Å². The van der Waals surface area contributed by atoms with Crippen molar-refractivity contribution in [2.75, 3.05) is 0 Å². The number of benzene rings is 2. The third-order valence-corrected chi connectivity index (χ3v) is 4.38. The molecule has 6 nitrogen and oxygen atoms in total. The van der Waals surface area contributed by atoms with Crippen molar-refractivity contribution in [3.63, 3.8) is 0 Å². The first-order valence-corrected chi connectivity index (χ1v) is 8.16. The average Bonchev–Trinajstić information content (AvgIpc) is 2.88. The van der Waals surface area contributed by atoms with Crippen LogP contribution in [0.3, 0.4) is 0 Å². The van der Waals surface area contributed by atoms with Gasteiger partial charge in [0, 0.05) is 6.07 Å². The highest BCUT2D eigenvalue weighted by Crippen LogP contribution is 2.30. The van der Waals surface area contributed by atoms with E-state index in [0.717, 1.165) is 11.1 Å². The summed E-state index contributed by atoms with van der Waals surface area (Å²) in [5, 5.41) is 21.6. The molecule has 1 saturated heterocycles. The summed E-state index contributed by atoms with van der Waals surface area (Å²) in [6.45, 7) is 1.99. The third kappa shape index (κ3) is 3.89. The van der Waals surface area contributed by atoms with Crippen LogP contribution in [0.25, 0.3) is 6.08 Å². The van der Waals surface area contributed by atoms with E-state index in [0.29, 0.717) is 15.8 Å². The molecule has 1 aliphatic rings. The van der Waals surface area contributed by atoms with Crippen molar-refractivity contribution in [2.45, 2.75) is 6.92 Å². The SMILES string of the molecule is Cc1ccc(C=C2SC(=Nc3ccc(C(=O)O)c(O)c3)NC2=O)cc1. The summed E-state index contributed by atoms with van der Waals surface area (Å²) in [6.07, 6.45) is 1.77. The number of nitrogens with one attached hydrogen (secondary N) is 1. The van der Waals surface area contributed by atoms with Crippen molar-refractivity contribution in [1.29, 1.82) is 0 Å². The molecule has 2 aromatic carbocycles. The fourth-order valence-electron chi connectivity index (χ4n) is 2.18. The standard InChI is InChI=1S/C18H14N2O4S/c1-10-2-4-11(5-3-10)8-15-16(22)20-18(25-15)19-12-6-7-13(17(23)24)14(21)9-12/h2-9,21H,1H3,(H,23,24)(H,19,20,22). The van der Waals surface area contributed by atoms with E-state index < -0.39 is 5.97 Å². The maximum atomic E-state index is 12.0. The Labute approximate surface area is 147 Å². The van der Waals surface area contributed by atoms with Gasteiger partial charge in [0.05, 0.1) is 10.6 Å². The Morgan fingerprint density at radius 2 is 1.92 bits per heavy atom. The molecule has 3 N–H and O–H groups in total. The largest absolute Gasteiger partial charge is 0.507 e.